The smallest absolute Gasteiger partial charge is 0.415 e. The molecule has 0 aliphatic carbocycles. The van der Waals surface area contributed by atoms with Crippen molar-refractivity contribution < 1.29 is 24.5 Å². The molecule has 0 radical (unpaired) electrons. The summed E-state index contributed by atoms with van der Waals surface area (Å²) in [7, 11) is 0. The van der Waals surface area contributed by atoms with E-state index in [1.54, 1.807) is 12.1 Å². The van der Waals surface area contributed by atoms with Crippen molar-refractivity contribution >= 4 is 17.7 Å². The first-order valence-corrected chi connectivity index (χ1v) is 4.58. The van der Waals surface area contributed by atoms with E-state index in [-0.39, 0.29) is 18.0 Å². The molecule has 0 spiro atoms. The maximum absolute atomic E-state index is 11.4. The van der Waals surface area contributed by atoms with Crippen molar-refractivity contribution in [3.05, 3.63) is 24.3 Å². The molecular formula is C10H9NO5. The summed E-state index contributed by atoms with van der Waals surface area (Å²) in [5, 5.41) is 18.4. The second-order valence-electron chi connectivity index (χ2n) is 3.29. The Morgan fingerprint density at radius 1 is 1.44 bits per heavy atom. The highest BCUT2D eigenvalue weighted by Crippen LogP contribution is 2.31. The summed E-state index contributed by atoms with van der Waals surface area (Å²) in [6.45, 7) is -0.220. The molecule has 1 atom stereocenters. The van der Waals surface area contributed by atoms with Gasteiger partial charge >= 0.3 is 12.1 Å². The number of carboxylic acids is 1. The molecule has 1 unspecified atom stereocenters. The largest absolute Gasteiger partial charge is 0.506 e. The van der Waals surface area contributed by atoms with Crippen molar-refractivity contribution in [3.8, 4) is 5.75 Å². The van der Waals surface area contributed by atoms with Gasteiger partial charge in [-0.1, -0.05) is 12.1 Å². The summed E-state index contributed by atoms with van der Waals surface area (Å²) in [5.41, 5.74) is 0.136. The Morgan fingerprint density at radius 2 is 2.12 bits per heavy atom. The Kier molecular flexibility index (Phi) is 2.40. The molecule has 0 saturated carbocycles. The van der Waals surface area contributed by atoms with Crippen LogP contribution < -0.4 is 4.90 Å². The molecule has 1 aromatic carbocycles. The minimum Gasteiger partial charge on any atom is -0.506 e. The van der Waals surface area contributed by atoms with E-state index in [2.05, 4.69) is 4.74 Å². The molecule has 84 valence electrons. The number of phenolic OH excluding ortho intramolecular Hbond substituents is 1. The first-order valence-electron chi connectivity index (χ1n) is 4.58. The number of anilines is 1. The second-order valence-corrected chi connectivity index (χ2v) is 3.29. The molecule has 2 rings (SSSR count). The van der Waals surface area contributed by atoms with Gasteiger partial charge in [0, 0.05) is 0 Å². The van der Waals surface area contributed by atoms with E-state index < -0.39 is 18.1 Å². The summed E-state index contributed by atoms with van der Waals surface area (Å²) in [6, 6.07) is 4.91. The van der Waals surface area contributed by atoms with Crippen LogP contribution in [0.15, 0.2) is 24.3 Å². The molecule has 0 aromatic heterocycles. The predicted molar refractivity (Wildman–Crippen MR) is 53.4 cm³/mol. The standard InChI is InChI=1S/C10H9NO5/c12-8-4-2-1-3-6(8)11-7(9(13)14)5-16-10(11)15/h1-4,7,12H,5H2,(H,13,14). The topological polar surface area (TPSA) is 87.1 Å². The molecule has 1 amide bonds. The number of carbonyl (C=O) groups excluding carboxylic acids is 1. The number of amides is 1. The fraction of sp³-hybridized carbons (Fsp3) is 0.200. The van der Waals surface area contributed by atoms with Gasteiger partial charge in [-0.25, -0.2) is 9.59 Å². The maximum atomic E-state index is 11.4. The summed E-state index contributed by atoms with van der Waals surface area (Å²) in [4.78, 5) is 23.2. The minimum atomic E-state index is -1.17. The fourth-order valence-electron chi connectivity index (χ4n) is 1.54. The number of cyclic esters (lactones) is 1. The van der Waals surface area contributed by atoms with E-state index in [1.807, 2.05) is 0 Å². The van der Waals surface area contributed by atoms with Crippen LogP contribution in [0.25, 0.3) is 0 Å². The number of hydrogen-bond acceptors (Lipinski definition) is 4. The Balaban J connectivity index is 2.41. The highest BCUT2D eigenvalue weighted by Gasteiger charge is 2.40. The lowest BCUT2D eigenvalue weighted by Crippen LogP contribution is -2.39. The number of para-hydroxylation sites is 2. The third kappa shape index (κ3) is 1.54. The van der Waals surface area contributed by atoms with Crippen LogP contribution in [0.5, 0.6) is 5.75 Å². The molecule has 6 nitrogen and oxygen atoms in total. The first kappa shape index (κ1) is 10.3. The Labute approximate surface area is 90.7 Å². The molecule has 1 aromatic rings. The number of aromatic hydroxyl groups is 1. The number of nitrogens with zero attached hydrogens (tertiary/aromatic N) is 1. The van der Waals surface area contributed by atoms with Gasteiger partial charge in [-0.05, 0) is 12.1 Å². The highest BCUT2D eigenvalue weighted by molar-refractivity contribution is 5.98. The summed E-state index contributed by atoms with van der Waals surface area (Å²) in [5.74, 6) is -1.33. The molecule has 1 saturated heterocycles. The number of carboxylic acid groups (broad SMARTS) is 1. The van der Waals surface area contributed by atoms with E-state index in [1.165, 1.54) is 12.1 Å². The molecule has 16 heavy (non-hydrogen) atoms. The fourth-order valence-corrected chi connectivity index (χ4v) is 1.54. The lowest BCUT2D eigenvalue weighted by molar-refractivity contribution is -0.138. The molecule has 6 heteroatoms. The quantitative estimate of drug-likeness (QED) is 0.774. The SMILES string of the molecule is O=C(O)C1COC(=O)N1c1ccccc1O. The number of carbonyl (C=O) groups is 2. The van der Waals surface area contributed by atoms with Crippen LogP contribution in [0.2, 0.25) is 0 Å². The van der Waals surface area contributed by atoms with Crippen molar-refractivity contribution in [1.29, 1.82) is 0 Å². The average Bonchev–Trinajstić information content (AvgIpc) is 2.61. The van der Waals surface area contributed by atoms with E-state index >= 15 is 0 Å². The second kappa shape index (κ2) is 3.73. The van der Waals surface area contributed by atoms with Crippen molar-refractivity contribution in [2.24, 2.45) is 0 Å². The normalized spacial score (nSPS) is 19.6. The molecule has 0 bridgehead atoms. The Bertz CT molecular complexity index is 445. The van der Waals surface area contributed by atoms with Crippen molar-refractivity contribution in [1.82, 2.24) is 0 Å². The first-order chi connectivity index (χ1) is 7.61. The minimum absolute atomic E-state index is 0.136. The molecule has 2 N–H and O–H groups in total. The summed E-state index contributed by atoms with van der Waals surface area (Å²) >= 11 is 0. The van der Waals surface area contributed by atoms with Gasteiger partial charge in [0.25, 0.3) is 0 Å². The van der Waals surface area contributed by atoms with Gasteiger partial charge in [-0.2, -0.15) is 0 Å². The average molecular weight is 223 g/mol. The van der Waals surface area contributed by atoms with Crippen LogP contribution in [0.1, 0.15) is 0 Å². The zero-order valence-electron chi connectivity index (χ0n) is 8.16. The van der Waals surface area contributed by atoms with Crippen LogP contribution in [-0.2, 0) is 9.53 Å². The van der Waals surface area contributed by atoms with Crippen LogP contribution in [0.3, 0.4) is 0 Å². The monoisotopic (exact) mass is 223 g/mol. The maximum Gasteiger partial charge on any atom is 0.415 e. The third-order valence-corrected chi connectivity index (χ3v) is 2.30. The molecule has 1 aliphatic rings. The molecule has 1 heterocycles. The Morgan fingerprint density at radius 3 is 2.75 bits per heavy atom. The lowest BCUT2D eigenvalue weighted by atomic mass is 10.2. The zero-order valence-corrected chi connectivity index (χ0v) is 8.16. The number of ether oxygens (including phenoxy) is 1. The van der Waals surface area contributed by atoms with Crippen LogP contribution >= 0.6 is 0 Å². The number of phenols is 1. The van der Waals surface area contributed by atoms with Crippen LogP contribution in [0.4, 0.5) is 10.5 Å². The van der Waals surface area contributed by atoms with Crippen LogP contribution in [0, 0.1) is 0 Å². The molecular weight excluding hydrogens is 214 g/mol. The van der Waals surface area contributed by atoms with Gasteiger partial charge < -0.3 is 14.9 Å². The third-order valence-electron chi connectivity index (χ3n) is 2.30. The van der Waals surface area contributed by atoms with E-state index in [9.17, 15) is 14.7 Å². The number of aliphatic carboxylic acids is 1. The van der Waals surface area contributed by atoms with Crippen LogP contribution in [-0.4, -0.2) is 34.9 Å². The summed E-state index contributed by atoms with van der Waals surface area (Å²) < 4.78 is 4.64. The predicted octanol–water partition coefficient (Wildman–Crippen LogP) is 0.802. The zero-order chi connectivity index (χ0) is 11.7. The Hall–Kier alpha value is -2.24. The van der Waals surface area contributed by atoms with Gasteiger partial charge in [0.1, 0.15) is 12.4 Å². The summed E-state index contributed by atoms with van der Waals surface area (Å²) in [6.07, 6.45) is -0.770. The van der Waals surface area contributed by atoms with Gasteiger partial charge in [0.05, 0.1) is 5.69 Å². The van der Waals surface area contributed by atoms with Crippen molar-refractivity contribution in [2.45, 2.75) is 6.04 Å². The van der Waals surface area contributed by atoms with E-state index in [4.69, 9.17) is 5.11 Å². The van der Waals surface area contributed by atoms with Gasteiger partial charge in [0.2, 0.25) is 0 Å². The van der Waals surface area contributed by atoms with E-state index in [0.717, 1.165) is 4.90 Å². The number of hydrogen-bond donors (Lipinski definition) is 2. The van der Waals surface area contributed by atoms with Gasteiger partial charge in [-0.3, -0.25) is 4.90 Å². The van der Waals surface area contributed by atoms with Crippen molar-refractivity contribution in [2.75, 3.05) is 11.5 Å². The van der Waals surface area contributed by atoms with E-state index in [0.29, 0.717) is 0 Å². The lowest BCUT2D eigenvalue weighted by Gasteiger charge is -2.18. The number of benzene rings is 1. The van der Waals surface area contributed by atoms with Crippen molar-refractivity contribution in [3.63, 3.8) is 0 Å². The highest BCUT2D eigenvalue weighted by atomic mass is 16.6. The number of rotatable bonds is 2. The van der Waals surface area contributed by atoms with Gasteiger partial charge in [-0.15, -0.1) is 0 Å². The molecule has 1 aliphatic heterocycles. The molecule has 1 fully saturated rings. The van der Waals surface area contributed by atoms with Gasteiger partial charge in [0.15, 0.2) is 6.04 Å².